The number of benzene rings is 2. The van der Waals surface area contributed by atoms with Gasteiger partial charge in [-0.25, -0.2) is 4.79 Å². The van der Waals surface area contributed by atoms with E-state index in [0.717, 1.165) is 0 Å². The van der Waals surface area contributed by atoms with Gasteiger partial charge in [0.05, 0.1) is 27.7 Å². The monoisotopic (exact) mass is 472 g/mol. The SMILES string of the molecule is COC(=O)c1ccc(O)cc1.COP(=S)(OC)Oc1cc(Cl)c(Cl)cc1Cl. The Morgan fingerprint density at radius 1 is 0.963 bits per heavy atom. The summed E-state index contributed by atoms with van der Waals surface area (Å²) in [5, 5.41) is 9.80. The van der Waals surface area contributed by atoms with Gasteiger partial charge in [0.2, 0.25) is 0 Å². The van der Waals surface area contributed by atoms with Gasteiger partial charge in [-0.05, 0) is 30.3 Å². The normalized spacial score (nSPS) is 10.6. The molecule has 0 heterocycles. The first-order chi connectivity index (χ1) is 12.7. The molecule has 0 fully saturated rings. The molecule has 0 unspecified atom stereocenters. The number of methoxy groups -OCH3 is 1. The molecule has 0 saturated heterocycles. The van der Waals surface area contributed by atoms with Crippen LogP contribution in [0, 0.1) is 0 Å². The van der Waals surface area contributed by atoms with Gasteiger partial charge in [0.1, 0.15) is 11.5 Å². The van der Waals surface area contributed by atoms with Crippen LogP contribution >= 0.6 is 41.5 Å². The summed E-state index contributed by atoms with van der Waals surface area (Å²) in [7, 11) is 4.11. The number of phenols is 1. The number of phenolic OH excluding ortho intramolecular Hbond substituents is 1. The second kappa shape index (κ2) is 11.1. The molecule has 0 aliphatic carbocycles. The number of carbonyl (C=O) groups is 1. The van der Waals surface area contributed by atoms with Gasteiger partial charge in [-0.2, -0.15) is 0 Å². The van der Waals surface area contributed by atoms with Crippen LogP contribution in [-0.4, -0.2) is 32.4 Å². The van der Waals surface area contributed by atoms with Gasteiger partial charge in [0.15, 0.2) is 0 Å². The van der Waals surface area contributed by atoms with Crippen molar-refractivity contribution in [2.45, 2.75) is 0 Å². The Hall–Kier alpha value is -1.05. The number of hydrogen-bond acceptors (Lipinski definition) is 7. The summed E-state index contributed by atoms with van der Waals surface area (Å²) in [5.74, 6) is 0.0192. The molecule has 0 saturated carbocycles. The summed E-state index contributed by atoms with van der Waals surface area (Å²) < 4.78 is 19.8. The maximum Gasteiger partial charge on any atom is 0.380 e. The molecule has 0 bridgehead atoms. The molecular formula is C16H16Cl3O6PS. The van der Waals surface area contributed by atoms with Crippen LogP contribution in [0.2, 0.25) is 15.1 Å². The molecule has 2 aromatic carbocycles. The maximum absolute atomic E-state index is 10.8. The van der Waals surface area contributed by atoms with Crippen LogP contribution in [0.1, 0.15) is 10.4 Å². The lowest BCUT2D eigenvalue weighted by Crippen LogP contribution is -1.99. The van der Waals surface area contributed by atoms with E-state index in [4.69, 9.17) is 65.3 Å². The molecule has 0 amide bonds. The molecular weight excluding hydrogens is 458 g/mol. The number of halogens is 3. The van der Waals surface area contributed by atoms with Crippen LogP contribution in [0.15, 0.2) is 36.4 Å². The molecule has 0 radical (unpaired) electrons. The van der Waals surface area contributed by atoms with Crippen molar-refractivity contribution in [3.63, 3.8) is 0 Å². The molecule has 1 N–H and O–H groups in total. The summed E-state index contributed by atoms with van der Waals surface area (Å²) in [5.41, 5.74) is 0.435. The first-order valence-corrected chi connectivity index (χ1v) is 10.8. The van der Waals surface area contributed by atoms with Gasteiger partial charge in [-0.15, -0.1) is 0 Å². The Morgan fingerprint density at radius 2 is 1.48 bits per heavy atom. The third kappa shape index (κ3) is 7.47. The molecule has 148 valence electrons. The number of ether oxygens (including phenoxy) is 1. The highest BCUT2D eigenvalue weighted by Crippen LogP contribution is 2.50. The molecule has 2 rings (SSSR count). The van der Waals surface area contributed by atoms with Crippen molar-refractivity contribution in [1.29, 1.82) is 0 Å². The summed E-state index contributed by atoms with van der Waals surface area (Å²) in [6.45, 7) is -2.82. The van der Waals surface area contributed by atoms with E-state index in [1.165, 1.54) is 57.7 Å². The Kier molecular flexibility index (Phi) is 9.84. The summed E-state index contributed by atoms with van der Waals surface area (Å²) in [4.78, 5) is 10.8. The van der Waals surface area contributed by atoms with Crippen LogP contribution in [0.5, 0.6) is 11.5 Å². The fourth-order valence-electron chi connectivity index (χ4n) is 1.56. The second-order valence-corrected chi connectivity index (χ2v) is 9.01. The quantitative estimate of drug-likeness (QED) is 0.338. The van der Waals surface area contributed by atoms with Crippen molar-refractivity contribution in [3.05, 3.63) is 57.0 Å². The van der Waals surface area contributed by atoms with Crippen molar-refractivity contribution in [2.75, 3.05) is 21.3 Å². The van der Waals surface area contributed by atoms with Gasteiger partial charge < -0.3 is 23.4 Å². The van der Waals surface area contributed by atoms with Crippen molar-refractivity contribution < 1.29 is 28.2 Å². The van der Waals surface area contributed by atoms with Gasteiger partial charge >= 0.3 is 12.7 Å². The van der Waals surface area contributed by atoms with Gasteiger partial charge in [-0.1, -0.05) is 34.8 Å². The van der Waals surface area contributed by atoms with Crippen molar-refractivity contribution in [3.8, 4) is 11.5 Å². The van der Waals surface area contributed by atoms with Gasteiger partial charge in [-0.3, -0.25) is 0 Å². The summed E-state index contributed by atoms with van der Waals surface area (Å²) in [6, 6.07) is 8.80. The average Bonchev–Trinajstić information content (AvgIpc) is 2.66. The van der Waals surface area contributed by atoms with E-state index in [0.29, 0.717) is 15.6 Å². The van der Waals surface area contributed by atoms with Crippen molar-refractivity contribution in [1.82, 2.24) is 0 Å². The number of rotatable bonds is 5. The lowest BCUT2D eigenvalue weighted by atomic mass is 10.2. The molecule has 6 nitrogen and oxygen atoms in total. The number of carbonyl (C=O) groups excluding carboxylic acids is 1. The van der Waals surface area contributed by atoms with E-state index in [2.05, 4.69) is 4.74 Å². The molecule has 2 aromatic rings. The first kappa shape index (κ1) is 24.0. The van der Waals surface area contributed by atoms with E-state index in [1.807, 2.05) is 0 Å². The minimum Gasteiger partial charge on any atom is -0.508 e. The average molecular weight is 474 g/mol. The van der Waals surface area contributed by atoms with Crippen LogP contribution in [-0.2, 0) is 25.6 Å². The molecule has 27 heavy (non-hydrogen) atoms. The van der Waals surface area contributed by atoms with E-state index in [9.17, 15) is 4.79 Å². The summed E-state index contributed by atoms with van der Waals surface area (Å²) in [6.07, 6.45) is 0. The minimum absolute atomic E-state index is 0.137. The molecule has 0 atom stereocenters. The standard InChI is InChI=1S/C8H8Cl3O3PS.C8H8O3/c1-12-15(16,13-2)14-8-4-6(10)5(9)3-7(8)11;1-11-8(10)6-2-4-7(9)5-3-6/h3-4H,1-2H3;2-5,9H,1H3. The van der Waals surface area contributed by atoms with Gasteiger partial charge in [0.25, 0.3) is 0 Å². The minimum atomic E-state index is -2.82. The Balaban J connectivity index is 0.000000289. The van der Waals surface area contributed by atoms with Gasteiger partial charge in [0, 0.05) is 32.1 Å². The zero-order valence-corrected chi connectivity index (χ0v) is 18.4. The van der Waals surface area contributed by atoms with Crippen LogP contribution in [0.3, 0.4) is 0 Å². The molecule has 11 heteroatoms. The smallest absolute Gasteiger partial charge is 0.380 e. The second-order valence-electron chi connectivity index (χ2n) is 4.64. The molecule has 0 aliphatic heterocycles. The topological polar surface area (TPSA) is 74.2 Å². The van der Waals surface area contributed by atoms with E-state index < -0.39 is 12.7 Å². The molecule has 0 spiro atoms. The number of hydrogen-bond donors (Lipinski definition) is 1. The number of esters is 1. The highest BCUT2D eigenvalue weighted by atomic mass is 35.5. The fraction of sp³-hybridized carbons (Fsp3) is 0.188. The molecule has 0 aromatic heterocycles. The largest absolute Gasteiger partial charge is 0.508 e. The summed E-state index contributed by atoms with van der Waals surface area (Å²) >= 11 is 22.5. The fourth-order valence-corrected chi connectivity index (χ4v) is 3.12. The Morgan fingerprint density at radius 3 is 1.96 bits per heavy atom. The van der Waals surface area contributed by atoms with Crippen molar-refractivity contribution in [2.24, 2.45) is 0 Å². The zero-order chi connectivity index (χ0) is 20.6. The van der Waals surface area contributed by atoms with E-state index >= 15 is 0 Å². The third-order valence-corrected chi connectivity index (χ3v) is 6.37. The number of aromatic hydroxyl groups is 1. The highest BCUT2D eigenvalue weighted by molar-refractivity contribution is 8.07. The third-order valence-electron chi connectivity index (χ3n) is 2.92. The lowest BCUT2D eigenvalue weighted by Gasteiger charge is -2.19. The Labute approximate surface area is 177 Å². The first-order valence-electron chi connectivity index (χ1n) is 7.08. The predicted molar refractivity (Wildman–Crippen MR) is 110 cm³/mol. The van der Waals surface area contributed by atoms with E-state index in [1.54, 1.807) is 0 Å². The van der Waals surface area contributed by atoms with Crippen molar-refractivity contribution >= 4 is 59.3 Å². The highest BCUT2D eigenvalue weighted by Gasteiger charge is 2.20. The predicted octanol–water partition coefficient (Wildman–Crippen LogP) is 5.72. The van der Waals surface area contributed by atoms with Crippen LogP contribution in [0.4, 0.5) is 0 Å². The van der Waals surface area contributed by atoms with E-state index in [-0.39, 0.29) is 16.5 Å². The zero-order valence-electron chi connectivity index (χ0n) is 14.4. The maximum atomic E-state index is 10.8. The molecule has 0 aliphatic rings. The van der Waals surface area contributed by atoms with Crippen LogP contribution < -0.4 is 4.52 Å². The Bertz CT molecular complexity index is 824. The van der Waals surface area contributed by atoms with Crippen LogP contribution in [0.25, 0.3) is 0 Å². The lowest BCUT2D eigenvalue weighted by molar-refractivity contribution is 0.0600.